The summed E-state index contributed by atoms with van der Waals surface area (Å²) in [4.78, 5) is 16.1. The molecule has 3 rings (SSSR count). The van der Waals surface area contributed by atoms with Gasteiger partial charge in [-0.15, -0.1) is 10.2 Å². The number of carbonyl (C=O) groups excluding carboxylic acids is 1. The van der Waals surface area contributed by atoms with Gasteiger partial charge in [0.15, 0.2) is 11.0 Å². The van der Waals surface area contributed by atoms with Gasteiger partial charge in [0.05, 0.1) is 5.75 Å². The second kappa shape index (κ2) is 9.27. The number of amides is 1. The average Bonchev–Trinajstić information content (AvgIpc) is 3.11. The number of carbonyl (C=O) groups is 1. The van der Waals surface area contributed by atoms with Crippen LogP contribution in [0.15, 0.2) is 53.9 Å². The number of pyridine rings is 1. The topological polar surface area (TPSA) is 72.7 Å². The number of nitrogens with zero attached hydrogens (tertiary/aromatic N) is 4. The molecule has 0 atom stereocenters. The maximum absolute atomic E-state index is 12.9. The van der Waals surface area contributed by atoms with Gasteiger partial charge < -0.3 is 9.88 Å². The highest BCUT2D eigenvalue weighted by molar-refractivity contribution is 7.99. The predicted molar refractivity (Wildman–Crippen MR) is 103 cm³/mol. The van der Waals surface area contributed by atoms with Crippen LogP contribution in [0.25, 0.3) is 11.4 Å². The second-order valence-corrected chi connectivity index (χ2v) is 6.74. The van der Waals surface area contributed by atoms with Crippen LogP contribution in [0.3, 0.4) is 0 Å². The first-order valence-corrected chi connectivity index (χ1v) is 9.63. The summed E-state index contributed by atoms with van der Waals surface area (Å²) in [5, 5.41) is 12.0. The largest absolute Gasteiger partial charge is 0.355 e. The molecule has 0 aliphatic heterocycles. The second-order valence-electron chi connectivity index (χ2n) is 5.80. The molecule has 2 heterocycles. The number of halogens is 1. The maximum Gasteiger partial charge on any atom is 0.230 e. The summed E-state index contributed by atoms with van der Waals surface area (Å²) in [6, 6.07) is 10.1. The molecule has 1 N–H and O–H groups in total. The van der Waals surface area contributed by atoms with E-state index in [1.807, 2.05) is 23.6 Å². The third kappa shape index (κ3) is 5.13. The van der Waals surface area contributed by atoms with Crippen LogP contribution in [0.4, 0.5) is 4.39 Å². The standard InChI is InChI=1S/C19H20FN5OS/c1-2-25-18(15-8-10-21-11-9-15)23-24-19(25)27-13-17(26)22-12-7-14-3-5-16(20)6-4-14/h3-6,8-11H,2,7,12-13H2,1H3,(H,22,26). The predicted octanol–water partition coefficient (Wildman–Crippen LogP) is 2.95. The lowest BCUT2D eigenvalue weighted by Crippen LogP contribution is -2.27. The summed E-state index contributed by atoms with van der Waals surface area (Å²) in [6.07, 6.45) is 4.09. The Kier molecular flexibility index (Phi) is 6.54. The molecule has 27 heavy (non-hydrogen) atoms. The van der Waals surface area contributed by atoms with E-state index in [9.17, 15) is 9.18 Å². The monoisotopic (exact) mass is 385 g/mol. The Bertz CT molecular complexity index is 883. The van der Waals surface area contributed by atoms with E-state index >= 15 is 0 Å². The molecule has 0 fully saturated rings. The zero-order valence-corrected chi connectivity index (χ0v) is 15.7. The lowest BCUT2D eigenvalue weighted by molar-refractivity contribution is -0.118. The minimum absolute atomic E-state index is 0.0711. The first-order valence-electron chi connectivity index (χ1n) is 8.65. The van der Waals surface area contributed by atoms with Gasteiger partial charge in [0.25, 0.3) is 0 Å². The Morgan fingerprint density at radius 2 is 1.89 bits per heavy atom. The molecule has 0 saturated heterocycles. The Balaban J connectivity index is 1.51. The van der Waals surface area contributed by atoms with E-state index in [0.717, 1.165) is 17.0 Å². The Morgan fingerprint density at radius 3 is 2.59 bits per heavy atom. The van der Waals surface area contributed by atoms with E-state index in [-0.39, 0.29) is 17.5 Å². The quantitative estimate of drug-likeness (QED) is 0.604. The Morgan fingerprint density at radius 1 is 1.15 bits per heavy atom. The molecular formula is C19H20FN5OS. The van der Waals surface area contributed by atoms with Crippen LogP contribution in [-0.2, 0) is 17.8 Å². The van der Waals surface area contributed by atoms with Crippen molar-refractivity contribution in [3.05, 3.63) is 60.2 Å². The molecule has 2 aromatic heterocycles. The highest BCUT2D eigenvalue weighted by atomic mass is 32.2. The van der Waals surface area contributed by atoms with Crippen molar-refractivity contribution in [3.8, 4) is 11.4 Å². The molecule has 0 aliphatic rings. The number of rotatable bonds is 8. The maximum atomic E-state index is 12.9. The van der Waals surface area contributed by atoms with Crippen molar-refractivity contribution < 1.29 is 9.18 Å². The summed E-state index contributed by atoms with van der Waals surface area (Å²) in [5.74, 6) is 0.695. The fraction of sp³-hybridized carbons (Fsp3) is 0.263. The Hall–Kier alpha value is -2.74. The molecule has 1 aromatic carbocycles. The van der Waals surface area contributed by atoms with Crippen LogP contribution >= 0.6 is 11.8 Å². The third-order valence-corrected chi connectivity index (χ3v) is 4.92. The molecule has 0 aliphatic carbocycles. The third-order valence-electron chi connectivity index (χ3n) is 3.95. The van der Waals surface area contributed by atoms with Crippen molar-refractivity contribution in [1.29, 1.82) is 0 Å². The van der Waals surface area contributed by atoms with Crippen LogP contribution in [0.1, 0.15) is 12.5 Å². The zero-order valence-electron chi connectivity index (χ0n) is 14.9. The number of hydrogen-bond acceptors (Lipinski definition) is 5. The van der Waals surface area contributed by atoms with Gasteiger partial charge in [-0.1, -0.05) is 23.9 Å². The molecule has 1 amide bonds. The van der Waals surface area contributed by atoms with E-state index in [1.165, 1.54) is 23.9 Å². The number of aromatic nitrogens is 4. The number of benzene rings is 1. The van der Waals surface area contributed by atoms with Gasteiger partial charge in [0.1, 0.15) is 5.82 Å². The van der Waals surface area contributed by atoms with Gasteiger partial charge in [-0.2, -0.15) is 0 Å². The Labute approximate surface area is 161 Å². The minimum Gasteiger partial charge on any atom is -0.355 e. The molecule has 0 spiro atoms. The van der Waals surface area contributed by atoms with E-state index in [2.05, 4.69) is 20.5 Å². The molecule has 8 heteroatoms. The fourth-order valence-electron chi connectivity index (χ4n) is 2.57. The van der Waals surface area contributed by atoms with Gasteiger partial charge >= 0.3 is 0 Å². The smallest absolute Gasteiger partial charge is 0.230 e. The summed E-state index contributed by atoms with van der Waals surface area (Å²) in [7, 11) is 0. The van der Waals surface area contributed by atoms with Gasteiger partial charge in [0, 0.05) is 31.0 Å². The van der Waals surface area contributed by atoms with Crippen LogP contribution in [-0.4, -0.2) is 38.0 Å². The molecule has 0 radical (unpaired) electrons. The summed E-state index contributed by atoms with van der Waals surface area (Å²) in [5.41, 5.74) is 1.92. The van der Waals surface area contributed by atoms with Gasteiger partial charge in [0.2, 0.25) is 5.91 Å². The SMILES string of the molecule is CCn1c(SCC(=O)NCCc2ccc(F)cc2)nnc1-c1ccncc1. The number of thioether (sulfide) groups is 1. The molecule has 6 nitrogen and oxygen atoms in total. The molecule has 3 aromatic rings. The van der Waals surface area contributed by atoms with Crippen LogP contribution in [0, 0.1) is 5.82 Å². The van der Waals surface area contributed by atoms with Crippen LogP contribution in [0.5, 0.6) is 0 Å². The first-order chi connectivity index (χ1) is 13.2. The van der Waals surface area contributed by atoms with E-state index < -0.39 is 0 Å². The van der Waals surface area contributed by atoms with Crippen molar-refractivity contribution in [2.75, 3.05) is 12.3 Å². The number of nitrogens with one attached hydrogen (secondary N) is 1. The highest BCUT2D eigenvalue weighted by Crippen LogP contribution is 2.23. The van der Waals surface area contributed by atoms with Crippen molar-refractivity contribution in [3.63, 3.8) is 0 Å². The lowest BCUT2D eigenvalue weighted by atomic mass is 10.1. The van der Waals surface area contributed by atoms with E-state index in [1.54, 1.807) is 24.5 Å². The number of hydrogen-bond donors (Lipinski definition) is 1. The van der Waals surface area contributed by atoms with Gasteiger partial charge in [-0.3, -0.25) is 9.78 Å². The van der Waals surface area contributed by atoms with Crippen molar-refractivity contribution in [1.82, 2.24) is 25.1 Å². The normalized spacial score (nSPS) is 10.7. The van der Waals surface area contributed by atoms with Crippen LogP contribution in [0.2, 0.25) is 0 Å². The summed E-state index contributed by atoms with van der Waals surface area (Å²) < 4.78 is 14.9. The molecule has 0 saturated carbocycles. The molecule has 0 unspecified atom stereocenters. The highest BCUT2D eigenvalue weighted by Gasteiger charge is 2.14. The molecule has 140 valence electrons. The van der Waals surface area contributed by atoms with E-state index in [4.69, 9.17) is 0 Å². The summed E-state index contributed by atoms with van der Waals surface area (Å²) >= 11 is 1.36. The average molecular weight is 385 g/mol. The van der Waals surface area contributed by atoms with Crippen LogP contribution < -0.4 is 5.32 Å². The fourth-order valence-corrected chi connectivity index (χ4v) is 3.41. The molecular weight excluding hydrogens is 365 g/mol. The van der Waals surface area contributed by atoms with Crippen molar-refractivity contribution in [2.24, 2.45) is 0 Å². The first kappa shape index (κ1) is 19.0. The van der Waals surface area contributed by atoms with Gasteiger partial charge in [-0.25, -0.2) is 4.39 Å². The van der Waals surface area contributed by atoms with E-state index in [0.29, 0.717) is 24.7 Å². The van der Waals surface area contributed by atoms with Gasteiger partial charge in [-0.05, 0) is 43.2 Å². The minimum atomic E-state index is -0.259. The molecule has 0 bridgehead atoms. The van der Waals surface area contributed by atoms with Crippen molar-refractivity contribution in [2.45, 2.75) is 25.0 Å². The zero-order chi connectivity index (χ0) is 19.1. The lowest BCUT2D eigenvalue weighted by Gasteiger charge is -2.08. The van der Waals surface area contributed by atoms with Crippen molar-refractivity contribution >= 4 is 17.7 Å². The summed E-state index contributed by atoms with van der Waals surface area (Å²) in [6.45, 7) is 3.23.